The van der Waals surface area contributed by atoms with Crippen molar-refractivity contribution in [2.45, 2.75) is 13.3 Å². The predicted octanol–water partition coefficient (Wildman–Crippen LogP) is 3.21. The highest BCUT2D eigenvalue weighted by atomic mass is 16.5. The number of ether oxygens (including phenoxy) is 3. The van der Waals surface area contributed by atoms with E-state index in [4.69, 9.17) is 14.2 Å². The number of nitrogens with zero attached hydrogens (tertiary/aromatic N) is 3. The van der Waals surface area contributed by atoms with Gasteiger partial charge in [-0.1, -0.05) is 18.2 Å². The van der Waals surface area contributed by atoms with Crippen LogP contribution in [0.25, 0.3) is 6.08 Å². The molecule has 2 fully saturated rings. The molecule has 36 heavy (non-hydrogen) atoms. The number of benzene rings is 2. The molecule has 2 aromatic rings. The lowest BCUT2D eigenvalue weighted by Gasteiger charge is -2.36. The van der Waals surface area contributed by atoms with Crippen LogP contribution in [0.3, 0.4) is 0 Å². The number of amides is 3. The molecule has 2 aromatic carbocycles. The van der Waals surface area contributed by atoms with Gasteiger partial charge in [0.15, 0.2) is 11.5 Å². The monoisotopic (exact) mass is 494 g/mol. The highest BCUT2D eigenvalue weighted by molar-refractivity contribution is 6.14. The molecule has 192 valence electrons. The third-order valence-electron chi connectivity index (χ3n) is 6.42. The van der Waals surface area contributed by atoms with E-state index in [1.165, 1.54) is 4.90 Å². The highest BCUT2D eigenvalue weighted by Crippen LogP contribution is 2.30. The fourth-order valence-electron chi connectivity index (χ4n) is 4.54. The Kier molecular flexibility index (Phi) is 8.32. The Balaban J connectivity index is 1.28. The zero-order chi connectivity index (χ0) is 25.5. The van der Waals surface area contributed by atoms with Gasteiger partial charge in [0, 0.05) is 32.7 Å². The summed E-state index contributed by atoms with van der Waals surface area (Å²) < 4.78 is 16.4. The SMILES string of the molecule is CCOc1ccccc1N1CCN(CCCN2C(=O)N/C(=C/c3ccc(OC)c(OC)c3)C2=O)CC1. The predicted molar refractivity (Wildman–Crippen MR) is 139 cm³/mol. The van der Waals surface area contributed by atoms with Crippen molar-refractivity contribution in [3.8, 4) is 17.2 Å². The van der Waals surface area contributed by atoms with Crippen molar-refractivity contribution in [2.75, 3.05) is 65.0 Å². The van der Waals surface area contributed by atoms with Crippen LogP contribution in [-0.4, -0.2) is 81.8 Å². The first-order valence-corrected chi connectivity index (χ1v) is 12.3. The van der Waals surface area contributed by atoms with Gasteiger partial charge in [0.1, 0.15) is 11.4 Å². The average Bonchev–Trinajstić information content (AvgIpc) is 3.17. The van der Waals surface area contributed by atoms with E-state index in [1.807, 2.05) is 31.2 Å². The number of carbonyl (C=O) groups is 2. The van der Waals surface area contributed by atoms with E-state index < -0.39 is 0 Å². The molecule has 0 unspecified atom stereocenters. The van der Waals surface area contributed by atoms with Gasteiger partial charge in [-0.15, -0.1) is 0 Å². The van der Waals surface area contributed by atoms with E-state index in [1.54, 1.807) is 32.4 Å². The summed E-state index contributed by atoms with van der Waals surface area (Å²) in [6.45, 7) is 7.50. The molecule has 2 heterocycles. The quantitative estimate of drug-likeness (QED) is 0.401. The second-order valence-corrected chi connectivity index (χ2v) is 8.64. The Morgan fingerprint density at radius 2 is 1.67 bits per heavy atom. The Bertz CT molecular complexity index is 1110. The summed E-state index contributed by atoms with van der Waals surface area (Å²) in [7, 11) is 3.12. The van der Waals surface area contributed by atoms with Gasteiger partial charge >= 0.3 is 6.03 Å². The van der Waals surface area contributed by atoms with Crippen LogP contribution in [0.4, 0.5) is 10.5 Å². The van der Waals surface area contributed by atoms with E-state index in [0.717, 1.165) is 56.1 Å². The smallest absolute Gasteiger partial charge is 0.329 e. The molecule has 9 nitrogen and oxygen atoms in total. The molecule has 2 aliphatic rings. The normalized spacial score (nSPS) is 17.5. The van der Waals surface area contributed by atoms with Crippen LogP contribution in [0.5, 0.6) is 17.2 Å². The minimum atomic E-state index is -0.385. The summed E-state index contributed by atoms with van der Waals surface area (Å²) in [4.78, 5) is 31.3. The Labute approximate surface area is 212 Å². The number of imide groups is 1. The molecule has 4 rings (SSSR count). The summed E-state index contributed by atoms with van der Waals surface area (Å²) >= 11 is 0. The average molecular weight is 495 g/mol. The maximum atomic E-state index is 12.9. The van der Waals surface area contributed by atoms with Crippen LogP contribution < -0.4 is 24.4 Å². The summed E-state index contributed by atoms with van der Waals surface area (Å²) in [5.74, 6) is 1.76. The van der Waals surface area contributed by atoms with Crippen molar-refractivity contribution < 1.29 is 23.8 Å². The molecular formula is C27H34N4O5. The number of hydrogen-bond acceptors (Lipinski definition) is 7. The fraction of sp³-hybridized carbons (Fsp3) is 0.407. The van der Waals surface area contributed by atoms with Crippen molar-refractivity contribution in [1.29, 1.82) is 0 Å². The fourth-order valence-corrected chi connectivity index (χ4v) is 4.54. The lowest BCUT2D eigenvalue weighted by Crippen LogP contribution is -2.47. The van der Waals surface area contributed by atoms with Gasteiger partial charge in [-0.05, 0) is 55.8 Å². The Morgan fingerprint density at radius 3 is 2.39 bits per heavy atom. The first kappa shape index (κ1) is 25.4. The Hall–Kier alpha value is -3.72. The van der Waals surface area contributed by atoms with Crippen LogP contribution in [0.2, 0.25) is 0 Å². The first-order valence-electron chi connectivity index (χ1n) is 12.3. The van der Waals surface area contributed by atoms with E-state index >= 15 is 0 Å². The number of rotatable bonds is 10. The first-order chi connectivity index (χ1) is 17.5. The second-order valence-electron chi connectivity index (χ2n) is 8.64. The van der Waals surface area contributed by atoms with Gasteiger partial charge in [0.05, 0.1) is 26.5 Å². The number of urea groups is 1. The Morgan fingerprint density at radius 1 is 0.917 bits per heavy atom. The molecule has 0 radical (unpaired) electrons. The lowest BCUT2D eigenvalue weighted by atomic mass is 10.1. The molecule has 9 heteroatoms. The van der Waals surface area contributed by atoms with Crippen LogP contribution in [0.15, 0.2) is 48.2 Å². The van der Waals surface area contributed by atoms with Crippen molar-refractivity contribution in [3.05, 3.63) is 53.7 Å². The van der Waals surface area contributed by atoms with E-state index in [2.05, 4.69) is 21.2 Å². The number of para-hydroxylation sites is 2. The third-order valence-corrected chi connectivity index (χ3v) is 6.42. The third kappa shape index (κ3) is 5.73. The zero-order valence-corrected chi connectivity index (χ0v) is 21.2. The summed E-state index contributed by atoms with van der Waals surface area (Å²) in [6.07, 6.45) is 2.37. The molecule has 1 N–H and O–H groups in total. The number of anilines is 1. The molecule has 0 saturated carbocycles. The van der Waals surface area contributed by atoms with Gasteiger partial charge < -0.3 is 24.4 Å². The standard InChI is InChI=1S/C27H34N4O5/c1-4-36-23-9-6-5-8-22(23)30-16-14-29(15-17-30)12-7-13-31-26(32)21(28-27(31)33)18-20-10-11-24(34-2)25(19-20)35-3/h5-6,8-11,18-19H,4,7,12-17H2,1-3H3,(H,28,33)/b21-18+. The van der Waals surface area contributed by atoms with Crippen LogP contribution in [0.1, 0.15) is 18.9 Å². The van der Waals surface area contributed by atoms with Crippen LogP contribution in [-0.2, 0) is 4.79 Å². The molecular weight excluding hydrogens is 460 g/mol. The molecule has 0 aliphatic carbocycles. The molecule has 0 bridgehead atoms. The summed E-state index contributed by atoms with van der Waals surface area (Å²) in [5, 5.41) is 2.69. The maximum Gasteiger partial charge on any atom is 0.329 e. The minimum absolute atomic E-state index is 0.258. The van der Waals surface area contributed by atoms with Crippen molar-refractivity contribution in [1.82, 2.24) is 15.1 Å². The zero-order valence-electron chi connectivity index (χ0n) is 21.2. The van der Waals surface area contributed by atoms with E-state index in [0.29, 0.717) is 24.7 Å². The molecule has 2 saturated heterocycles. The topological polar surface area (TPSA) is 83.6 Å². The van der Waals surface area contributed by atoms with Gasteiger partial charge in [-0.2, -0.15) is 0 Å². The second kappa shape index (κ2) is 11.8. The van der Waals surface area contributed by atoms with Crippen LogP contribution in [0, 0.1) is 0 Å². The molecule has 0 spiro atoms. The van der Waals surface area contributed by atoms with Gasteiger partial charge in [-0.25, -0.2) is 4.79 Å². The molecule has 0 atom stereocenters. The number of carbonyl (C=O) groups excluding carboxylic acids is 2. The number of methoxy groups -OCH3 is 2. The number of piperazine rings is 1. The van der Waals surface area contributed by atoms with Gasteiger partial charge in [0.2, 0.25) is 0 Å². The molecule has 0 aromatic heterocycles. The maximum absolute atomic E-state index is 12.9. The molecule has 2 aliphatic heterocycles. The summed E-state index contributed by atoms with van der Waals surface area (Å²) in [5.41, 5.74) is 2.13. The summed E-state index contributed by atoms with van der Waals surface area (Å²) in [6, 6.07) is 13.1. The largest absolute Gasteiger partial charge is 0.493 e. The van der Waals surface area contributed by atoms with E-state index in [9.17, 15) is 9.59 Å². The van der Waals surface area contributed by atoms with Crippen molar-refractivity contribution in [2.24, 2.45) is 0 Å². The molecule has 3 amide bonds. The van der Waals surface area contributed by atoms with Crippen molar-refractivity contribution >= 4 is 23.7 Å². The van der Waals surface area contributed by atoms with E-state index in [-0.39, 0.29) is 17.6 Å². The lowest BCUT2D eigenvalue weighted by molar-refractivity contribution is -0.122. The number of hydrogen-bond donors (Lipinski definition) is 1. The van der Waals surface area contributed by atoms with Gasteiger partial charge in [0.25, 0.3) is 5.91 Å². The van der Waals surface area contributed by atoms with Crippen molar-refractivity contribution in [3.63, 3.8) is 0 Å². The number of nitrogens with one attached hydrogen (secondary N) is 1. The minimum Gasteiger partial charge on any atom is -0.493 e. The van der Waals surface area contributed by atoms with Gasteiger partial charge in [-0.3, -0.25) is 14.6 Å². The highest BCUT2D eigenvalue weighted by Gasteiger charge is 2.33. The van der Waals surface area contributed by atoms with Crippen LogP contribution >= 0.6 is 0 Å².